The second-order valence-corrected chi connectivity index (χ2v) is 7.26. The molecule has 0 spiro atoms. The van der Waals surface area contributed by atoms with Crippen LogP contribution in [0.3, 0.4) is 0 Å². The van der Waals surface area contributed by atoms with Crippen LogP contribution in [0.5, 0.6) is 0 Å². The average Bonchev–Trinajstić information content (AvgIpc) is 3.00. The molecule has 3 rings (SSSR count). The van der Waals surface area contributed by atoms with E-state index < -0.39 is 23.9 Å². The van der Waals surface area contributed by atoms with Crippen molar-refractivity contribution in [1.29, 1.82) is 0 Å². The quantitative estimate of drug-likeness (QED) is 0.733. The molecule has 0 radical (unpaired) electrons. The standard InChI is InChI=1S/C17H24F3N5O3/c1-10(21)9-28-14-3-5-25(15(14)27)12-2-4-24(8-13(12)26)16-22-6-11(7-23-16)17(18,19)20/h6-7,10,12-14,26H,2-5,8-9,21H2,1H3/t10?,12-,13+,14+/m0/s1. The number of carbonyl (C=O) groups excluding carboxylic acids is 1. The number of β-amino-alcohol motifs (C(OH)–C–C–N with tert-alkyl or cyclic N) is 1. The van der Waals surface area contributed by atoms with Crippen molar-refractivity contribution in [1.82, 2.24) is 14.9 Å². The van der Waals surface area contributed by atoms with Crippen LogP contribution in [0.4, 0.5) is 19.1 Å². The zero-order chi connectivity index (χ0) is 20.5. The van der Waals surface area contributed by atoms with Gasteiger partial charge in [0.1, 0.15) is 6.10 Å². The third kappa shape index (κ3) is 4.53. The Labute approximate surface area is 160 Å². The van der Waals surface area contributed by atoms with Crippen molar-refractivity contribution >= 4 is 11.9 Å². The number of carbonyl (C=O) groups is 1. The maximum atomic E-state index is 12.6. The summed E-state index contributed by atoms with van der Waals surface area (Å²) in [5, 5.41) is 10.5. The number of hydrogen-bond acceptors (Lipinski definition) is 7. The minimum atomic E-state index is -4.50. The smallest absolute Gasteiger partial charge is 0.389 e. The van der Waals surface area contributed by atoms with Gasteiger partial charge in [-0.3, -0.25) is 4.79 Å². The minimum Gasteiger partial charge on any atom is -0.389 e. The first-order valence-corrected chi connectivity index (χ1v) is 9.16. The molecule has 0 aliphatic carbocycles. The van der Waals surface area contributed by atoms with Crippen LogP contribution in [-0.4, -0.2) is 76.4 Å². The van der Waals surface area contributed by atoms with Gasteiger partial charge in [0.05, 0.1) is 24.3 Å². The molecule has 11 heteroatoms. The van der Waals surface area contributed by atoms with E-state index in [0.29, 0.717) is 25.9 Å². The van der Waals surface area contributed by atoms with E-state index >= 15 is 0 Å². The number of alkyl halides is 3. The number of rotatable bonds is 5. The molecule has 3 heterocycles. The zero-order valence-electron chi connectivity index (χ0n) is 15.5. The van der Waals surface area contributed by atoms with E-state index in [9.17, 15) is 23.1 Å². The summed E-state index contributed by atoms with van der Waals surface area (Å²) < 4.78 is 43.4. The molecule has 2 aliphatic heterocycles. The third-order valence-corrected chi connectivity index (χ3v) is 4.95. The lowest BCUT2D eigenvalue weighted by molar-refractivity contribution is -0.141. The van der Waals surface area contributed by atoms with Crippen LogP contribution in [0.25, 0.3) is 0 Å². The predicted molar refractivity (Wildman–Crippen MR) is 93.4 cm³/mol. The monoisotopic (exact) mass is 403 g/mol. The normalized spacial score (nSPS) is 27.4. The van der Waals surface area contributed by atoms with Gasteiger partial charge in [-0.2, -0.15) is 13.2 Å². The fourth-order valence-electron chi connectivity index (χ4n) is 3.52. The molecular weight excluding hydrogens is 379 g/mol. The molecule has 2 fully saturated rings. The largest absolute Gasteiger partial charge is 0.419 e. The van der Waals surface area contributed by atoms with E-state index in [1.165, 1.54) is 0 Å². The summed E-state index contributed by atoms with van der Waals surface area (Å²) >= 11 is 0. The van der Waals surface area contributed by atoms with Gasteiger partial charge >= 0.3 is 6.18 Å². The fourth-order valence-corrected chi connectivity index (χ4v) is 3.52. The van der Waals surface area contributed by atoms with Gasteiger partial charge in [0.15, 0.2) is 0 Å². The molecule has 0 bridgehead atoms. The molecule has 1 amide bonds. The van der Waals surface area contributed by atoms with Crippen molar-refractivity contribution in [3.8, 4) is 0 Å². The molecule has 2 aliphatic rings. The Hall–Kier alpha value is -1.98. The molecule has 1 unspecified atom stereocenters. The molecule has 1 aromatic heterocycles. The molecule has 1 aromatic rings. The number of nitrogens with zero attached hydrogens (tertiary/aromatic N) is 4. The minimum absolute atomic E-state index is 0.122. The number of halogens is 3. The number of nitrogens with two attached hydrogens (primary N) is 1. The Morgan fingerprint density at radius 3 is 2.57 bits per heavy atom. The van der Waals surface area contributed by atoms with Crippen LogP contribution in [0.1, 0.15) is 25.3 Å². The number of aliphatic hydroxyl groups excluding tert-OH is 1. The van der Waals surface area contributed by atoms with Crippen LogP contribution in [-0.2, 0) is 15.7 Å². The Morgan fingerprint density at radius 1 is 1.32 bits per heavy atom. The van der Waals surface area contributed by atoms with Gasteiger partial charge < -0.3 is 25.4 Å². The van der Waals surface area contributed by atoms with Crippen LogP contribution in [0, 0.1) is 0 Å². The Kier molecular flexibility index (Phi) is 6.06. The van der Waals surface area contributed by atoms with E-state index in [2.05, 4.69) is 9.97 Å². The fraction of sp³-hybridized carbons (Fsp3) is 0.706. The molecule has 156 valence electrons. The summed E-state index contributed by atoms with van der Waals surface area (Å²) in [4.78, 5) is 23.3. The van der Waals surface area contributed by atoms with Gasteiger partial charge in [-0.25, -0.2) is 9.97 Å². The second kappa shape index (κ2) is 8.18. The summed E-state index contributed by atoms with van der Waals surface area (Å²) in [6.07, 6.45) is -3.46. The van der Waals surface area contributed by atoms with Crippen LogP contribution in [0.15, 0.2) is 12.4 Å². The Morgan fingerprint density at radius 2 is 2.00 bits per heavy atom. The predicted octanol–water partition coefficient (Wildman–Crippen LogP) is 0.400. The maximum absolute atomic E-state index is 12.6. The molecule has 28 heavy (non-hydrogen) atoms. The SMILES string of the molecule is CC(N)CO[C@@H]1CCN([C@H]2CCN(c3ncc(C(F)(F)F)cn3)C[C@H]2O)C1=O. The van der Waals surface area contributed by atoms with E-state index in [1.54, 1.807) is 16.7 Å². The number of piperidine rings is 1. The highest BCUT2D eigenvalue weighted by atomic mass is 19.4. The lowest BCUT2D eigenvalue weighted by Crippen LogP contribution is -2.55. The molecule has 0 saturated carbocycles. The number of ether oxygens (including phenoxy) is 1. The summed E-state index contributed by atoms with van der Waals surface area (Å²) in [6, 6.07) is -0.540. The van der Waals surface area contributed by atoms with Crippen molar-refractivity contribution in [2.75, 3.05) is 31.1 Å². The molecule has 2 saturated heterocycles. The summed E-state index contributed by atoms with van der Waals surface area (Å²) in [5.74, 6) is -0.0414. The van der Waals surface area contributed by atoms with Crippen LogP contribution in [0.2, 0.25) is 0 Å². The lowest BCUT2D eigenvalue weighted by Gasteiger charge is -2.40. The van der Waals surface area contributed by atoms with Crippen molar-refractivity contribution in [2.24, 2.45) is 5.73 Å². The van der Waals surface area contributed by atoms with Crippen molar-refractivity contribution in [2.45, 2.75) is 50.2 Å². The van der Waals surface area contributed by atoms with Crippen LogP contribution < -0.4 is 10.6 Å². The summed E-state index contributed by atoms with van der Waals surface area (Å²) in [7, 11) is 0. The average molecular weight is 403 g/mol. The number of likely N-dealkylation sites (tertiary alicyclic amines) is 1. The van der Waals surface area contributed by atoms with Crippen molar-refractivity contribution in [3.05, 3.63) is 18.0 Å². The number of aromatic nitrogens is 2. The number of anilines is 1. The maximum Gasteiger partial charge on any atom is 0.419 e. The molecule has 4 atom stereocenters. The van der Waals surface area contributed by atoms with Gasteiger partial charge in [0, 0.05) is 44.5 Å². The number of hydrogen-bond donors (Lipinski definition) is 2. The Balaban J connectivity index is 1.59. The number of amides is 1. The highest BCUT2D eigenvalue weighted by Crippen LogP contribution is 2.29. The van der Waals surface area contributed by atoms with Gasteiger partial charge in [0.25, 0.3) is 5.91 Å². The molecular formula is C17H24F3N5O3. The highest BCUT2D eigenvalue weighted by molar-refractivity contribution is 5.83. The molecule has 3 N–H and O–H groups in total. The van der Waals surface area contributed by atoms with E-state index in [-0.39, 0.29) is 37.1 Å². The van der Waals surface area contributed by atoms with Crippen molar-refractivity contribution in [3.63, 3.8) is 0 Å². The van der Waals surface area contributed by atoms with Crippen molar-refractivity contribution < 1.29 is 27.8 Å². The topological polar surface area (TPSA) is 105 Å². The van der Waals surface area contributed by atoms with Gasteiger partial charge in [-0.1, -0.05) is 0 Å². The van der Waals surface area contributed by atoms with E-state index in [4.69, 9.17) is 10.5 Å². The van der Waals surface area contributed by atoms with Gasteiger partial charge in [-0.15, -0.1) is 0 Å². The number of aliphatic hydroxyl groups is 1. The van der Waals surface area contributed by atoms with Gasteiger partial charge in [-0.05, 0) is 13.3 Å². The summed E-state index contributed by atoms with van der Waals surface area (Å²) in [5.41, 5.74) is 4.73. The van der Waals surface area contributed by atoms with Gasteiger partial charge in [0.2, 0.25) is 5.95 Å². The van der Waals surface area contributed by atoms with E-state index in [1.807, 2.05) is 0 Å². The van der Waals surface area contributed by atoms with E-state index in [0.717, 1.165) is 12.4 Å². The second-order valence-electron chi connectivity index (χ2n) is 7.26. The first-order valence-electron chi connectivity index (χ1n) is 9.16. The third-order valence-electron chi connectivity index (χ3n) is 4.95. The van der Waals surface area contributed by atoms with Crippen LogP contribution >= 0.6 is 0 Å². The highest BCUT2D eigenvalue weighted by Gasteiger charge is 2.41. The molecule has 0 aromatic carbocycles. The first-order chi connectivity index (χ1) is 13.2. The summed E-state index contributed by atoms with van der Waals surface area (Å²) in [6.45, 7) is 3.12. The Bertz CT molecular complexity index is 686. The lowest BCUT2D eigenvalue weighted by atomic mass is 10.0. The first kappa shape index (κ1) is 20.7. The molecule has 8 nitrogen and oxygen atoms in total. The zero-order valence-corrected chi connectivity index (χ0v) is 15.5.